The van der Waals surface area contributed by atoms with Crippen molar-refractivity contribution in [3.63, 3.8) is 0 Å². The summed E-state index contributed by atoms with van der Waals surface area (Å²) >= 11 is 9.36. The molecule has 9 heteroatoms. The summed E-state index contributed by atoms with van der Waals surface area (Å²) in [6.07, 6.45) is 1.42. The zero-order valence-electron chi connectivity index (χ0n) is 18.9. The molecular formula is C26H21BrClN3O4. The Hall–Kier alpha value is -3.80. The average molecular weight is 555 g/mol. The van der Waals surface area contributed by atoms with Crippen LogP contribution in [-0.2, 0) is 9.59 Å². The molecule has 3 aromatic rings. The molecule has 3 rings (SSSR count). The van der Waals surface area contributed by atoms with Crippen molar-refractivity contribution in [2.24, 2.45) is 0 Å². The van der Waals surface area contributed by atoms with Gasteiger partial charge in [0.2, 0.25) is 0 Å². The molecule has 7 nitrogen and oxygen atoms in total. The predicted octanol–water partition coefficient (Wildman–Crippen LogP) is 5.98. The predicted molar refractivity (Wildman–Crippen MR) is 140 cm³/mol. The number of carbonyl (C=O) groups is 2. The summed E-state index contributed by atoms with van der Waals surface area (Å²) in [6, 6.07) is 19.2. The highest BCUT2D eigenvalue weighted by atomic mass is 79.9. The molecule has 0 aliphatic carbocycles. The maximum absolute atomic E-state index is 12.6. The highest BCUT2D eigenvalue weighted by Gasteiger charge is 2.16. The molecule has 178 valence electrons. The number of nitrogens with one attached hydrogen (secondary N) is 2. The van der Waals surface area contributed by atoms with Crippen LogP contribution < -0.4 is 20.1 Å². The Morgan fingerprint density at radius 1 is 1.11 bits per heavy atom. The van der Waals surface area contributed by atoms with Gasteiger partial charge in [-0.25, -0.2) is 0 Å². The first-order valence-electron chi connectivity index (χ1n) is 10.3. The summed E-state index contributed by atoms with van der Waals surface area (Å²) in [4.78, 5) is 24.9. The molecule has 3 aromatic carbocycles. The van der Waals surface area contributed by atoms with E-state index in [2.05, 4.69) is 26.6 Å². The third-order valence-electron chi connectivity index (χ3n) is 4.78. The van der Waals surface area contributed by atoms with Gasteiger partial charge < -0.3 is 20.1 Å². The largest absolute Gasteiger partial charge is 0.493 e. The Bertz CT molecular complexity index is 1330. The number of aryl methyl sites for hydroxylation is 1. The first-order valence-corrected chi connectivity index (χ1v) is 11.5. The van der Waals surface area contributed by atoms with Crippen molar-refractivity contribution < 1.29 is 19.1 Å². The Kier molecular flexibility index (Phi) is 8.90. The monoisotopic (exact) mass is 553 g/mol. The van der Waals surface area contributed by atoms with Crippen LogP contribution in [0.15, 0.2) is 70.7 Å². The van der Waals surface area contributed by atoms with Crippen LogP contribution in [-0.4, -0.2) is 25.5 Å². The van der Waals surface area contributed by atoms with Crippen LogP contribution in [0.25, 0.3) is 6.08 Å². The van der Waals surface area contributed by atoms with Gasteiger partial charge in [0.05, 0.1) is 11.6 Å². The van der Waals surface area contributed by atoms with Gasteiger partial charge in [0.15, 0.2) is 18.1 Å². The third kappa shape index (κ3) is 7.09. The zero-order chi connectivity index (χ0) is 25.4. The quantitative estimate of drug-likeness (QED) is 0.263. The fourth-order valence-electron chi connectivity index (χ4n) is 3.08. The summed E-state index contributed by atoms with van der Waals surface area (Å²) < 4.78 is 11.6. The molecule has 0 radical (unpaired) electrons. The topological polar surface area (TPSA) is 100 Å². The summed E-state index contributed by atoms with van der Waals surface area (Å²) in [7, 11) is 1.45. The number of rotatable bonds is 8. The number of methoxy groups -OCH3 is 1. The summed E-state index contributed by atoms with van der Waals surface area (Å²) in [5.74, 6) is -0.284. The van der Waals surface area contributed by atoms with Crippen LogP contribution in [0, 0.1) is 18.3 Å². The number of ether oxygens (including phenoxy) is 2. The molecule has 0 bridgehead atoms. The molecule has 0 saturated heterocycles. The first kappa shape index (κ1) is 25.8. The van der Waals surface area contributed by atoms with Gasteiger partial charge in [-0.3, -0.25) is 9.59 Å². The minimum Gasteiger partial charge on any atom is -0.493 e. The van der Waals surface area contributed by atoms with Gasteiger partial charge in [0.25, 0.3) is 11.8 Å². The molecule has 0 aromatic heterocycles. The zero-order valence-corrected chi connectivity index (χ0v) is 21.2. The third-order valence-corrected chi connectivity index (χ3v) is 5.60. The lowest BCUT2D eigenvalue weighted by atomic mass is 10.1. The standard InChI is InChI=1S/C26H21BrClN3O4/c1-16-6-3-4-9-22(16)31-24(32)15-35-25-21(27)11-17(12-23(25)34-2)10-18(14-29)26(33)30-20-8-5-7-19(28)13-20/h3-13H,15H2,1-2H3,(H,30,33)(H,31,32)/b18-10-. The summed E-state index contributed by atoms with van der Waals surface area (Å²) in [5.41, 5.74) is 2.50. The number of anilines is 2. The van der Waals surface area contributed by atoms with Crippen molar-refractivity contribution in [3.8, 4) is 17.6 Å². The van der Waals surface area contributed by atoms with E-state index >= 15 is 0 Å². The molecule has 35 heavy (non-hydrogen) atoms. The number of halogens is 2. The molecule has 0 saturated carbocycles. The fraction of sp³-hybridized carbons (Fsp3) is 0.115. The second-order valence-corrected chi connectivity index (χ2v) is 8.61. The van der Waals surface area contributed by atoms with Crippen LogP contribution in [0.1, 0.15) is 11.1 Å². The Labute approximate surface area is 216 Å². The van der Waals surface area contributed by atoms with Gasteiger partial charge in [-0.15, -0.1) is 0 Å². The van der Waals surface area contributed by atoms with Crippen molar-refractivity contribution in [2.45, 2.75) is 6.92 Å². The highest BCUT2D eigenvalue weighted by Crippen LogP contribution is 2.37. The lowest BCUT2D eigenvalue weighted by Gasteiger charge is -2.14. The molecule has 0 fully saturated rings. The maximum Gasteiger partial charge on any atom is 0.266 e. The number of nitriles is 1. The Morgan fingerprint density at radius 3 is 2.57 bits per heavy atom. The van der Waals surface area contributed by atoms with Gasteiger partial charge in [0, 0.05) is 16.4 Å². The fourth-order valence-corrected chi connectivity index (χ4v) is 3.84. The first-order chi connectivity index (χ1) is 16.8. The van der Waals surface area contributed by atoms with Crippen molar-refractivity contribution in [3.05, 3.63) is 86.9 Å². The molecule has 0 aliphatic rings. The van der Waals surface area contributed by atoms with E-state index in [1.54, 1.807) is 42.5 Å². The van der Waals surface area contributed by atoms with Crippen LogP contribution in [0.4, 0.5) is 11.4 Å². The van der Waals surface area contributed by atoms with Crippen molar-refractivity contribution in [1.29, 1.82) is 5.26 Å². The minimum atomic E-state index is -0.585. The van der Waals surface area contributed by atoms with Crippen molar-refractivity contribution in [1.82, 2.24) is 0 Å². The Balaban J connectivity index is 1.75. The molecule has 2 N–H and O–H groups in total. The van der Waals surface area contributed by atoms with Crippen LogP contribution >= 0.6 is 27.5 Å². The number of benzene rings is 3. The molecule has 0 atom stereocenters. The van der Waals surface area contributed by atoms with E-state index < -0.39 is 5.91 Å². The number of hydrogen-bond acceptors (Lipinski definition) is 5. The maximum atomic E-state index is 12.6. The van der Waals surface area contributed by atoms with E-state index in [1.165, 1.54) is 13.2 Å². The normalized spacial score (nSPS) is 10.8. The molecule has 0 unspecified atom stereocenters. The van der Waals surface area contributed by atoms with E-state index in [1.807, 2.05) is 31.2 Å². The minimum absolute atomic E-state index is 0.120. The van der Waals surface area contributed by atoms with E-state index in [-0.39, 0.29) is 18.1 Å². The van der Waals surface area contributed by atoms with E-state index in [0.717, 1.165) is 5.56 Å². The number of para-hydroxylation sites is 1. The molecule has 0 spiro atoms. The van der Waals surface area contributed by atoms with E-state index in [9.17, 15) is 14.9 Å². The average Bonchev–Trinajstić information content (AvgIpc) is 2.82. The van der Waals surface area contributed by atoms with Crippen LogP contribution in [0.2, 0.25) is 5.02 Å². The summed E-state index contributed by atoms with van der Waals surface area (Å²) in [6.45, 7) is 1.65. The second kappa shape index (κ2) is 12.1. The number of amides is 2. The second-order valence-electron chi connectivity index (χ2n) is 7.32. The molecule has 0 aliphatic heterocycles. The highest BCUT2D eigenvalue weighted by molar-refractivity contribution is 9.10. The smallest absolute Gasteiger partial charge is 0.266 e. The van der Waals surface area contributed by atoms with Gasteiger partial charge in [0.1, 0.15) is 11.6 Å². The van der Waals surface area contributed by atoms with E-state index in [4.69, 9.17) is 21.1 Å². The lowest BCUT2D eigenvalue weighted by molar-refractivity contribution is -0.118. The molecular weight excluding hydrogens is 534 g/mol. The van der Waals surface area contributed by atoms with Gasteiger partial charge in [-0.1, -0.05) is 35.9 Å². The van der Waals surface area contributed by atoms with Crippen molar-refractivity contribution >= 4 is 56.8 Å². The van der Waals surface area contributed by atoms with Gasteiger partial charge >= 0.3 is 0 Å². The number of nitrogens with zero attached hydrogens (tertiary/aromatic N) is 1. The van der Waals surface area contributed by atoms with E-state index in [0.29, 0.717) is 37.9 Å². The summed E-state index contributed by atoms with van der Waals surface area (Å²) in [5, 5.41) is 15.4. The van der Waals surface area contributed by atoms with Crippen LogP contribution in [0.3, 0.4) is 0 Å². The van der Waals surface area contributed by atoms with Crippen molar-refractivity contribution in [2.75, 3.05) is 24.4 Å². The van der Waals surface area contributed by atoms with Gasteiger partial charge in [-0.2, -0.15) is 5.26 Å². The van der Waals surface area contributed by atoms with Gasteiger partial charge in [-0.05, 0) is 76.5 Å². The number of hydrogen-bond donors (Lipinski definition) is 2. The van der Waals surface area contributed by atoms with Crippen LogP contribution in [0.5, 0.6) is 11.5 Å². The molecule has 2 amide bonds. The SMILES string of the molecule is COc1cc(/C=C(/C#N)C(=O)Nc2cccc(Cl)c2)cc(Br)c1OCC(=O)Nc1ccccc1C. The lowest BCUT2D eigenvalue weighted by Crippen LogP contribution is -2.21. The Morgan fingerprint density at radius 2 is 1.89 bits per heavy atom. The number of carbonyl (C=O) groups excluding carboxylic acids is 2. The molecule has 0 heterocycles.